The van der Waals surface area contributed by atoms with Gasteiger partial charge in [-0.25, -0.2) is 4.98 Å². The van der Waals surface area contributed by atoms with E-state index in [9.17, 15) is 0 Å². The molecule has 0 spiro atoms. The quantitative estimate of drug-likeness (QED) is 0.895. The fourth-order valence-corrected chi connectivity index (χ4v) is 3.15. The molecule has 0 aliphatic heterocycles. The van der Waals surface area contributed by atoms with Crippen molar-refractivity contribution in [2.24, 2.45) is 0 Å². The third-order valence-electron chi connectivity index (χ3n) is 2.90. The number of hydrogen-bond donors (Lipinski definition) is 1. The molecule has 0 radical (unpaired) electrons. The molecule has 1 atom stereocenters. The molecule has 0 saturated carbocycles. The van der Waals surface area contributed by atoms with E-state index in [1.165, 1.54) is 10.4 Å². The maximum absolute atomic E-state index is 4.35. The minimum atomic E-state index is 0.365. The SMILES string of the molecule is CCNC(Cc1ccc(Br)cc1)c1scnc1C. The van der Waals surface area contributed by atoms with Gasteiger partial charge in [0, 0.05) is 15.4 Å². The summed E-state index contributed by atoms with van der Waals surface area (Å²) < 4.78 is 1.13. The van der Waals surface area contributed by atoms with Gasteiger partial charge >= 0.3 is 0 Å². The average Bonchev–Trinajstić information content (AvgIpc) is 2.78. The van der Waals surface area contributed by atoms with E-state index in [1.807, 2.05) is 5.51 Å². The number of likely N-dealkylation sites (N-methyl/N-ethyl adjacent to an activating group) is 1. The summed E-state index contributed by atoms with van der Waals surface area (Å²) in [5.74, 6) is 0. The smallest absolute Gasteiger partial charge is 0.0798 e. The highest BCUT2D eigenvalue weighted by atomic mass is 79.9. The van der Waals surface area contributed by atoms with Gasteiger partial charge in [0.05, 0.1) is 11.2 Å². The van der Waals surface area contributed by atoms with Crippen LogP contribution >= 0.6 is 27.3 Å². The van der Waals surface area contributed by atoms with E-state index >= 15 is 0 Å². The van der Waals surface area contributed by atoms with E-state index in [2.05, 4.69) is 64.3 Å². The zero-order chi connectivity index (χ0) is 13.0. The van der Waals surface area contributed by atoms with Crippen molar-refractivity contribution in [3.05, 3.63) is 50.4 Å². The Morgan fingerprint density at radius 3 is 2.61 bits per heavy atom. The molecule has 0 aliphatic carbocycles. The van der Waals surface area contributed by atoms with E-state index in [1.54, 1.807) is 11.3 Å². The van der Waals surface area contributed by atoms with Crippen LogP contribution in [0.2, 0.25) is 0 Å². The van der Waals surface area contributed by atoms with E-state index in [4.69, 9.17) is 0 Å². The summed E-state index contributed by atoms with van der Waals surface area (Å²) in [4.78, 5) is 5.69. The molecule has 1 N–H and O–H groups in total. The van der Waals surface area contributed by atoms with Gasteiger partial charge in [-0.2, -0.15) is 0 Å². The van der Waals surface area contributed by atoms with Gasteiger partial charge < -0.3 is 5.32 Å². The molecule has 1 aromatic heterocycles. The Morgan fingerprint density at radius 2 is 2.06 bits per heavy atom. The molecule has 0 aliphatic rings. The lowest BCUT2D eigenvalue weighted by Crippen LogP contribution is -2.22. The summed E-state index contributed by atoms with van der Waals surface area (Å²) in [6.45, 7) is 5.20. The lowest BCUT2D eigenvalue weighted by molar-refractivity contribution is 0.555. The fraction of sp³-hybridized carbons (Fsp3) is 0.357. The van der Waals surface area contributed by atoms with Crippen LogP contribution in [-0.4, -0.2) is 11.5 Å². The molecular formula is C14H17BrN2S. The number of thiazole rings is 1. The Labute approximate surface area is 121 Å². The monoisotopic (exact) mass is 324 g/mol. The molecule has 18 heavy (non-hydrogen) atoms. The summed E-state index contributed by atoms with van der Waals surface area (Å²) in [6.07, 6.45) is 1.00. The van der Waals surface area contributed by atoms with Gasteiger partial charge in [0.1, 0.15) is 0 Å². The maximum atomic E-state index is 4.35. The molecule has 2 aromatic rings. The fourth-order valence-electron chi connectivity index (χ4n) is 2.01. The zero-order valence-electron chi connectivity index (χ0n) is 10.6. The van der Waals surface area contributed by atoms with Crippen molar-refractivity contribution < 1.29 is 0 Å². The molecule has 2 nitrogen and oxygen atoms in total. The maximum Gasteiger partial charge on any atom is 0.0798 e. The van der Waals surface area contributed by atoms with E-state index in [0.29, 0.717) is 6.04 Å². The normalized spacial score (nSPS) is 12.6. The number of aryl methyl sites for hydroxylation is 1. The van der Waals surface area contributed by atoms with Gasteiger partial charge in [0.15, 0.2) is 0 Å². The van der Waals surface area contributed by atoms with Crippen molar-refractivity contribution in [2.45, 2.75) is 26.3 Å². The largest absolute Gasteiger partial charge is 0.309 e. The molecule has 0 amide bonds. The lowest BCUT2D eigenvalue weighted by Gasteiger charge is -2.17. The van der Waals surface area contributed by atoms with Crippen molar-refractivity contribution in [3.63, 3.8) is 0 Å². The molecule has 1 heterocycles. The zero-order valence-corrected chi connectivity index (χ0v) is 13.0. The van der Waals surface area contributed by atoms with Crippen LogP contribution < -0.4 is 5.32 Å². The average molecular weight is 325 g/mol. The van der Waals surface area contributed by atoms with Gasteiger partial charge in [-0.05, 0) is 37.6 Å². The second-order valence-corrected chi connectivity index (χ2v) is 6.04. The number of rotatable bonds is 5. The number of benzene rings is 1. The lowest BCUT2D eigenvalue weighted by atomic mass is 10.0. The van der Waals surface area contributed by atoms with E-state index in [0.717, 1.165) is 23.1 Å². The van der Waals surface area contributed by atoms with Crippen LogP contribution in [0.4, 0.5) is 0 Å². The molecule has 0 fully saturated rings. The Bertz CT molecular complexity index is 493. The van der Waals surface area contributed by atoms with E-state index < -0.39 is 0 Å². The predicted octanol–water partition coefficient (Wildman–Crippen LogP) is 4.11. The third-order valence-corrected chi connectivity index (χ3v) is 4.48. The highest BCUT2D eigenvalue weighted by molar-refractivity contribution is 9.10. The standard InChI is InChI=1S/C14H17BrN2S/c1-3-16-13(14-10(2)17-9-18-14)8-11-4-6-12(15)7-5-11/h4-7,9,13,16H,3,8H2,1-2H3. The summed E-state index contributed by atoms with van der Waals surface area (Å²) in [7, 11) is 0. The van der Waals surface area contributed by atoms with Crippen molar-refractivity contribution in [1.29, 1.82) is 0 Å². The predicted molar refractivity (Wildman–Crippen MR) is 81.1 cm³/mol. The summed E-state index contributed by atoms with van der Waals surface area (Å²) in [5.41, 5.74) is 4.41. The third kappa shape index (κ3) is 3.40. The summed E-state index contributed by atoms with van der Waals surface area (Å²) >= 11 is 5.21. The number of nitrogens with zero attached hydrogens (tertiary/aromatic N) is 1. The first-order valence-corrected chi connectivity index (χ1v) is 7.75. The minimum Gasteiger partial charge on any atom is -0.309 e. The molecule has 1 aromatic carbocycles. The number of nitrogens with one attached hydrogen (secondary N) is 1. The molecule has 4 heteroatoms. The number of hydrogen-bond acceptors (Lipinski definition) is 3. The van der Waals surface area contributed by atoms with Crippen LogP contribution in [0, 0.1) is 6.92 Å². The highest BCUT2D eigenvalue weighted by Crippen LogP contribution is 2.25. The second kappa shape index (κ2) is 6.45. The van der Waals surface area contributed by atoms with Crippen molar-refractivity contribution >= 4 is 27.3 Å². The first kappa shape index (κ1) is 13.7. The van der Waals surface area contributed by atoms with Gasteiger partial charge in [-0.3, -0.25) is 0 Å². The second-order valence-electron chi connectivity index (χ2n) is 4.24. The molecule has 0 saturated heterocycles. The van der Waals surface area contributed by atoms with Crippen molar-refractivity contribution in [3.8, 4) is 0 Å². The minimum absolute atomic E-state index is 0.365. The van der Waals surface area contributed by atoms with Crippen molar-refractivity contribution in [2.75, 3.05) is 6.54 Å². The molecular weight excluding hydrogens is 308 g/mol. The molecule has 1 unspecified atom stereocenters. The van der Waals surface area contributed by atoms with Crippen LogP contribution in [0.15, 0.2) is 34.2 Å². The van der Waals surface area contributed by atoms with E-state index in [-0.39, 0.29) is 0 Å². The Morgan fingerprint density at radius 1 is 1.33 bits per heavy atom. The summed E-state index contributed by atoms with van der Waals surface area (Å²) in [5, 5.41) is 3.55. The molecule has 2 rings (SSSR count). The summed E-state index contributed by atoms with van der Waals surface area (Å²) in [6, 6.07) is 8.90. The van der Waals surface area contributed by atoms with Crippen LogP contribution in [0.5, 0.6) is 0 Å². The van der Waals surface area contributed by atoms with Crippen LogP contribution in [-0.2, 0) is 6.42 Å². The van der Waals surface area contributed by atoms with Crippen molar-refractivity contribution in [1.82, 2.24) is 10.3 Å². The number of halogens is 1. The molecule has 96 valence electrons. The van der Waals surface area contributed by atoms with Crippen LogP contribution in [0.25, 0.3) is 0 Å². The van der Waals surface area contributed by atoms with Gasteiger partial charge in [-0.15, -0.1) is 11.3 Å². The first-order valence-electron chi connectivity index (χ1n) is 6.08. The highest BCUT2D eigenvalue weighted by Gasteiger charge is 2.15. The first-order chi connectivity index (χ1) is 8.70. The van der Waals surface area contributed by atoms with Gasteiger partial charge in [0.2, 0.25) is 0 Å². The van der Waals surface area contributed by atoms with Gasteiger partial charge in [0.25, 0.3) is 0 Å². The Kier molecular flexibility index (Phi) is 4.92. The topological polar surface area (TPSA) is 24.9 Å². The Hall–Kier alpha value is -0.710. The van der Waals surface area contributed by atoms with Crippen LogP contribution in [0.3, 0.4) is 0 Å². The number of aromatic nitrogens is 1. The Balaban J connectivity index is 2.16. The van der Waals surface area contributed by atoms with Gasteiger partial charge in [-0.1, -0.05) is 35.0 Å². The molecule has 0 bridgehead atoms. The van der Waals surface area contributed by atoms with Crippen LogP contribution in [0.1, 0.15) is 29.1 Å².